The van der Waals surface area contributed by atoms with Gasteiger partial charge in [-0.2, -0.15) is 0 Å². The Kier molecular flexibility index (Phi) is 6.50. The Balaban J connectivity index is 1.32. The van der Waals surface area contributed by atoms with E-state index in [1.165, 1.54) is 12.7 Å². The van der Waals surface area contributed by atoms with Crippen LogP contribution in [-0.2, 0) is 48.7 Å². The van der Waals surface area contributed by atoms with Crippen LogP contribution in [0.25, 0.3) is 11.2 Å². The molecule has 6 heterocycles. The van der Waals surface area contributed by atoms with Crippen molar-refractivity contribution in [3.8, 4) is 0 Å². The minimum atomic E-state index is -3.95. The molecule has 0 spiro atoms. The van der Waals surface area contributed by atoms with E-state index in [9.17, 15) is 14.6 Å². The number of hydrogen-bond donors (Lipinski definition) is 4. The molecule has 20 heteroatoms. The zero-order chi connectivity index (χ0) is 25.9. The molecule has 4 saturated heterocycles. The molecule has 0 aliphatic carbocycles. The lowest BCUT2D eigenvalue weighted by Crippen LogP contribution is -2.45. The first kappa shape index (κ1) is 25.5. The Morgan fingerprint density at radius 3 is 2.97 bits per heavy atom. The Bertz CT molecular complexity index is 1300. The van der Waals surface area contributed by atoms with Crippen molar-refractivity contribution < 1.29 is 46.9 Å². The molecule has 2 unspecified atom stereocenters. The summed E-state index contributed by atoms with van der Waals surface area (Å²) in [5.74, 6) is 0.179. The molecule has 4 aliphatic heterocycles. The normalized spacial score (nSPS) is 43.5. The molecule has 4 fully saturated rings. The summed E-state index contributed by atoms with van der Waals surface area (Å²) >= 11 is 5.24. The molecule has 4 aliphatic rings. The van der Waals surface area contributed by atoms with Crippen molar-refractivity contribution in [2.75, 3.05) is 25.6 Å². The average Bonchev–Trinajstić information content (AvgIpc) is 3.59. The van der Waals surface area contributed by atoms with Crippen LogP contribution in [0.5, 0.6) is 0 Å². The van der Waals surface area contributed by atoms with Gasteiger partial charge in [0.1, 0.15) is 42.9 Å². The molecule has 0 aromatic carbocycles. The first-order valence-corrected chi connectivity index (χ1v) is 14.6. The predicted octanol–water partition coefficient (Wildman–Crippen LogP) is -1.16. The summed E-state index contributed by atoms with van der Waals surface area (Å²) < 4.78 is 54.5. The molecule has 2 aromatic rings. The van der Waals surface area contributed by atoms with Crippen LogP contribution in [0.4, 0.5) is 5.82 Å². The number of imidazole rings is 1. The van der Waals surface area contributed by atoms with Crippen molar-refractivity contribution in [1.82, 2.24) is 19.5 Å². The number of nitrogens with zero attached hydrogens (tertiary/aromatic N) is 5. The number of anilines is 1. The summed E-state index contributed by atoms with van der Waals surface area (Å²) in [6.07, 6.45) is -3.66. The van der Waals surface area contributed by atoms with E-state index in [0.29, 0.717) is 11.2 Å². The number of rotatable bonds is 2. The molecule has 6 N–H and O–H groups in total. The third-order valence-electron chi connectivity index (χ3n) is 6.45. The second-order valence-electron chi connectivity index (χ2n) is 8.64. The SMILES string of the molecule is NC=N[C@@H]1O[C@@H]2COP(O)(=S)O[C@H]3[C@H]4OC[C@]3(CO[P+](=O)O[C@@H]1[C@@H]2O)O[C@H]4n1cnc2c(N)ncnc21. The summed E-state index contributed by atoms with van der Waals surface area (Å²) in [6.45, 7) is -4.72. The third kappa shape index (κ3) is 4.36. The lowest BCUT2D eigenvalue weighted by Gasteiger charge is -2.30. The minimum absolute atomic E-state index is 0.0427. The fourth-order valence-electron chi connectivity index (χ4n) is 4.74. The highest BCUT2D eigenvalue weighted by molar-refractivity contribution is 8.07. The number of ether oxygens (including phenoxy) is 3. The Hall–Kier alpha value is -1.79. The second-order valence-corrected chi connectivity index (χ2v) is 12.3. The molecule has 10 atom stereocenters. The zero-order valence-electron chi connectivity index (χ0n) is 18.7. The fourth-order valence-corrected chi connectivity index (χ4v) is 7.01. The first-order chi connectivity index (χ1) is 17.7. The lowest BCUT2D eigenvalue weighted by molar-refractivity contribution is -0.182. The van der Waals surface area contributed by atoms with E-state index in [2.05, 4.69) is 19.9 Å². The van der Waals surface area contributed by atoms with E-state index < -0.39 is 63.6 Å². The van der Waals surface area contributed by atoms with Crippen molar-refractivity contribution in [3.63, 3.8) is 0 Å². The van der Waals surface area contributed by atoms with Crippen LogP contribution in [0.2, 0.25) is 0 Å². The summed E-state index contributed by atoms with van der Waals surface area (Å²) in [5.41, 5.74) is 10.6. The van der Waals surface area contributed by atoms with Gasteiger partial charge in [0.05, 0.1) is 25.9 Å². The summed E-state index contributed by atoms with van der Waals surface area (Å²) in [5, 5.41) is 10.6. The summed E-state index contributed by atoms with van der Waals surface area (Å²) in [7, 11) is -2.81. The molecule has 0 amide bonds. The highest BCUT2D eigenvalue weighted by atomic mass is 32.5. The van der Waals surface area contributed by atoms with Gasteiger partial charge in [-0.05, 0) is 11.8 Å². The molecule has 17 nitrogen and oxygen atoms in total. The van der Waals surface area contributed by atoms with Gasteiger partial charge in [0.25, 0.3) is 0 Å². The van der Waals surface area contributed by atoms with E-state index in [0.717, 1.165) is 6.34 Å². The van der Waals surface area contributed by atoms with Gasteiger partial charge >= 0.3 is 15.0 Å². The van der Waals surface area contributed by atoms with Crippen molar-refractivity contribution in [2.45, 2.75) is 48.6 Å². The van der Waals surface area contributed by atoms with Crippen LogP contribution in [0, 0.1) is 0 Å². The maximum atomic E-state index is 12.8. The van der Waals surface area contributed by atoms with E-state index in [-0.39, 0.29) is 25.6 Å². The lowest BCUT2D eigenvalue weighted by atomic mass is 10.0. The Morgan fingerprint density at radius 1 is 1.32 bits per heavy atom. The average molecular weight is 578 g/mol. The number of aliphatic imine (C=N–C) groups is 1. The molecule has 6 rings (SSSR count). The fraction of sp³-hybridized carbons (Fsp3) is 0.647. The van der Waals surface area contributed by atoms with Crippen LogP contribution < -0.4 is 11.5 Å². The minimum Gasteiger partial charge on any atom is -0.390 e. The van der Waals surface area contributed by atoms with Crippen LogP contribution >= 0.6 is 15.0 Å². The van der Waals surface area contributed by atoms with Gasteiger partial charge in [0.15, 0.2) is 35.6 Å². The van der Waals surface area contributed by atoms with Crippen molar-refractivity contribution in [3.05, 3.63) is 12.7 Å². The van der Waals surface area contributed by atoms with E-state index in [4.69, 9.17) is 55.6 Å². The molecule has 37 heavy (non-hydrogen) atoms. The van der Waals surface area contributed by atoms with Crippen molar-refractivity contribution in [2.24, 2.45) is 10.7 Å². The van der Waals surface area contributed by atoms with Gasteiger partial charge < -0.3 is 40.2 Å². The smallest absolute Gasteiger partial charge is 0.390 e. The van der Waals surface area contributed by atoms with Crippen molar-refractivity contribution >= 4 is 50.1 Å². The number of fused-ring (bicyclic) bond motifs is 3. The standard InChI is InChI=1S/C17H21N7O10P2S/c18-4-20-15-10-9(25)7(31-15)1-30-36(27,37)34-12-11-16(24-6-23-8-13(19)21-5-22-14(8)24)32-17(12,2-28-11)3-29-35(26)33-10/h4-7,9-12,15-16,25H,1-3H2,(H4-,18,19,20,21,22,27,37)/p+1/t7-,9-,10-,11-,12+,15-,16-,17-,36?/m1/s1. The molecule has 0 saturated carbocycles. The number of nitrogens with two attached hydrogens (primary N) is 2. The van der Waals surface area contributed by atoms with Crippen LogP contribution in [-0.4, -0.2) is 98.0 Å². The van der Waals surface area contributed by atoms with Gasteiger partial charge in [-0.15, -0.1) is 9.05 Å². The highest BCUT2D eigenvalue weighted by Gasteiger charge is 2.66. The maximum Gasteiger partial charge on any atom is 0.698 e. The predicted molar refractivity (Wildman–Crippen MR) is 125 cm³/mol. The van der Waals surface area contributed by atoms with Crippen molar-refractivity contribution in [1.29, 1.82) is 0 Å². The number of hydrogen-bond acceptors (Lipinski definition) is 15. The van der Waals surface area contributed by atoms with Gasteiger partial charge in [-0.1, -0.05) is 0 Å². The second kappa shape index (κ2) is 9.44. The molecule has 200 valence electrons. The van der Waals surface area contributed by atoms with E-state index >= 15 is 0 Å². The van der Waals surface area contributed by atoms with E-state index in [1.807, 2.05) is 0 Å². The Morgan fingerprint density at radius 2 is 2.16 bits per heavy atom. The largest absolute Gasteiger partial charge is 0.698 e. The first-order valence-electron chi connectivity index (χ1n) is 10.9. The number of aromatic nitrogens is 4. The molecule has 2 aromatic heterocycles. The van der Waals surface area contributed by atoms with Gasteiger partial charge in [-0.25, -0.2) is 19.9 Å². The number of aliphatic hydroxyl groups excluding tert-OH is 1. The van der Waals surface area contributed by atoms with Gasteiger partial charge in [0, 0.05) is 4.57 Å². The van der Waals surface area contributed by atoms with Gasteiger partial charge in [0.2, 0.25) is 0 Å². The zero-order valence-corrected chi connectivity index (χ0v) is 21.4. The molecule has 0 radical (unpaired) electrons. The quantitative estimate of drug-likeness (QED) is 0.187. The van der Waals surface area contributed by atoms with E-state index in [1.54, 1.807) is 4.57 Å². The maximum absolute atomic E-state index is 12.8. The summed E-state index contributed by atoms with van der Waals surface area (Å²) in [4.78, 5) is 27.2. The molecular formula is C17H22N7O10P2S+. The monoisotopic (exact) mass is 578 g/mol. The molecule has 4 bridgehead atoms. The third-order valence-corrected chi connectivity index (χ3v) is 8.75. The molecular weight excluding hydrogens is 556 g/mol. The highest BCUT2D eigenvalue weighted by Crippen LogP contribution is 2.56. The number of aliphatic hydroxyl groups is 1. The van der Waals surface area contributed by atoms with Gasteiger partial charge in [-0.3, -0.25) is 9.09 Å². The van der Waals surface area contributed by atoms with Crippen LogP contribution in [0.1, 0.15) is 6.23 Å². The Labute approximate surface area is 214 Å². The van der Waals surface area contributed by atoms with Crippen LogP contribution in [0.15, 0.2) is 17.6 Å². The topological polar surface area (TPSA) is 230 Å². The number of nitrogen functional groups attached to an aromatic ring is 1. The summed E-state index contributed by atoms with van der Waals surface area (Å²) in [6, 6.07) is 0. The van der Waals surface area contributed by atoms with Crippen LogP contribution in [0.3, 0.4) is 0 Å².